The van der Waals surface area contributed by atoms with E-state index in [-0.39, 0.29) is 18.3 Å². The highest BCUT2D eigenvalue weighted by Crippen LogP contribution is 2.24. The van der Waals surface area contributed by atoms with Crippen LogP contribution in [0.4, 0.5) is 5.69 Å². The van der Waals surface area contributed by atoms with E-state index in [9.17, 15) is 4.79 Å². The summed E-state index contributed by atoms with van der Waals surface area (Å²) < 4.78 is 10.9. The van der Waals surface area contributed by atoms with Crippen molar-refractivity contribution >= 4 is 24.0 Å². The predicted molar refractivity (Wildman–Crippen MR) is 111 cm³/mol. The van der Waals surface area contributed by atoms with Crippen LogP contribution in [0.15, 0.2) is 48.5 Å². The molecule has 0 radical (unpaired) electrons. The van der Waals surface area contributed by atoms with E-state index in [1.165, 1.54) is 0 Å². The maximum atomic E-state index is 12.7. The number of carbonyl (C=O) groups is 1. The molecule has 0 spiro atoms. The van der Waals surface area contributed by atoms with Gasteiger partial charge in [-0.3, -0.25) is 4.79 Å². The van der Waals surface area contributed by atoms with Crippen LogP contribution in [0.1, 0.15) is 30.5 Å². The number of ether oxygens (including phenoxy) is 2. The Bertz CT molecular complexity index is 721. The molecule has 1 amide bonds. The summed E-state index contributed by atoms with van der Waals surface area (Å²) in [6.07, 6.45) is 0. The van der Waals surface area contributed by atoms with Crippen LogP contribution in [0.5, 0.6) is 0 Å². The number of amides is 1. The zero-order chi connectivity index (χ0) is 19.0. The summed E-state index contributed by atoms with van der Waals surface area (Å²) in [4.78, 5) is 12.7. The summed E-state index contributed by atoms with van der Waals surface area (Å²) in [6.45, 7) is 7.91. The van der Waals surface area contributed by atoms with Crippen molar-refractivity contribution in [3.8, 4) is 0 Å². The second-order valence-electron chi connectivity index (χ2n) is 6.36. The van der Waals surface area contributed by atoms with Gasteiger partial charge >= 0.3 is 0 Å². The molecule has 0 aliphatic rings. The smallest absolute Gasteiger partial charge is 0.248 e. The van der Waals surface area contributed by atoms with E-state index in [0.717, 1.165) is 22.4 Å². The zero-order valence-corrected chi connectivity index (χ0v) is 17.0. The van der Waals surface area contributed by atoms with Crippen molar-refractivity contribution in [2.75, 3.05) is 25.1 Å². The Kier molecular flexibility index (Phi) is 9.46. The van der Waals surface area contributed by atoms with E-state index in [4.69, 9.17) is 15.2 Å². The topological polar surface area (TPSA) is 73.6 Å². The number of nitrogens with one attached hydrogen (secondary N) is 1. The van der Waals surface area contributed by atoms with Gasteiger partial charge in [-0.2, -0.15) is 0 Å². The molecule has 148 valence electrons. The number of nitrogens with two attached hydrogens (primary N) is 1. The highest BCUT2D eigenvalue weighted by atomic mass is 35.5. The van der Waals surface area contributed by atoms with Gasteiger partial charge in [-0.15, -0.1) is 12.4 Å². The molecule has 1 unspecified atom stereocenters. The lowest BCUT2D eigenvalue weighted by atomic mass is 9.92. The summed E-state index contributed by atoms with van der Waals surface area (Å²) in [7, 11) is 0. The van der Waals surface area contributed by atoms with Gasteiger partial charge in [-0.25, -0.2) is 0 Å². The molecule has 2 aromatic rings. The molecule has 0 saturated heterocycles. The van der Waals surface area contributed by atoms with Gasteiger partial charge < -0.3 is 20.5 Å². The lowest BCUT2D eigenvalue weighted by molar-refractivity contribution is -0.120. The monoisotopic (exact) mass is 392 g/mol. The van der Waals surface area contributed by atoms with Crippen molar-refractivity contribution in [1.29, 1.82) is 0 Å². The molecule has 0 aromatic heterocycles. The Hall–Kier alpha value is -1.92. The van der Waals surface area contributed by atoms with Gasteiger partial charge in [0.05, 0.1) is 19.8 Å². The van der Waals surface area contributed by atoms with Gasteiger partial charge in [0.2, 0.25) is 5.91 Å². The van der Waals surface area contributed by atoms with Gasteiger partial charge in [-0.1, -0.05) is 42.5 Å². The van der Waals surface area contributed by atoms with Gasteiger partial charge in [0.25, 0.3) is 0 Å². The highest BCUT2D eigenvalue weighted by Gasteiger charge is 2.30. The SMILES string of the molecule is CCOCCOCc1cccc(NC(=O)C(C)(N)c2ccccc2)c1C.Cl. The van der Waals surface area contributed by atoms with Gasteiger partial charge in [0.1, 0.15) is 5.54 Å². The quantitative estimate of drug-likeness (QED) is 0.637. The van der Waals surface area contributed by atoms with E-state index in [2.05, 4.69) is 5.32 Å². The fourth-order valence-corrected chi connectivity index (χ4v) is 2.59. The number of rotatable bonds is 9. The number of benzene rings is 2. The third-order valence-electron chi connectivity index (χ3n) is 4.37. The average molecular weight is 393 g/mol. The normalized spacial score (nSPS) is 12.7. The van der Waals surface area contributed by atoms with Gasteiger partial charge in [0.15, 0.2) is 0 Å². The third kappa shape index (κ3) is 6.33. The molecule has 0 aliphatic heterocycles. The van der Waals surface area contributed by atoms with E-state index in [0.29, 0.717) is 26.4 Å². The van der Waals surface area contributed by atoms with Crippen molar-refractivity contribution in [2.24, 2.45) is 5.73 Å². The van der Waals surface area contributed by atoms with Crippen LogP contribution in [0, 0.1) is 6.92 Å². The standard InChI is InChI=1S/C21H28N2O3.ClH/c1-4-25-13-14-26-15-17-9-8-12-19(16(17)2)23-20(24)21(3,22)18-10-6-5-7-11-18;/h5-12H,4,13-15,22H2,1-3H3,(H,23,24);1H. The van der Waals surface area contributed by atoms with Crippen LogP contribution in [0.2, 0.25) is 0 Å². The molecule has 2 aromatic carbocycles. The molecule has 5 nitrogen and oxygen atoms in total. The fraction of sp³-hybridized carbons (Fsp3) is 0.381. The van der Waals surface area contributed by atoms with Crippen molar-refractivity contribution in [2.45, 2.75) is 32.9 Å². The summed E-state index contributed by atoms with van der Waals surface area (Å²) in [5.74, 6) is -0.249. The average Bonchev–Trinajstić information content (AvgIpc) is 2.65. The fourth-order valence-electron chi connectivity index (χ4n) is 2.59. The molecular formula is C21H29ClN2O3. The minimum absolute atomic E-state index is 0. The molecule has 1 atom stereocenters. The number of halogens is 1. The van der Waals surface area contributed by atoms with Crippen molar-refractivity contribution in [3.63, 3.8) is 0 Å². The first-order valence-electron chi connectivity index (χ1n) is 8.86. The van der Waals surface area contributed by atoms with E-state index < -0.39 is 5.54 Å². The zero-order valence-electron chi connectivity index (χ0n) is 16.2. The van der Waals surface area contributed by atoms with Crippen LogP contribution in [-0.2, 0) is 26.4 Å². The lowest BCUT2D eigenvalue weighted by Crippen LogP contribution is -2.45. The molecular weight excluding hydrogens is 364 g/mol. The maximum absolute atomic E-state index is 12.7. The van der Waals surface area contributed by atoms with Crippen LogP contribution in [0.25, 0.3) is 0 Å². The molecule has 6 heteroatoms. The lowest BCUT2D eigenvalue weighted by Gasteiger charge is -2.25. The minimum atomic E-state index is -1.11. The Morgan fingerprint density at radius 3 is 2.41 bits per heavy atom. The molecule has 0 heterocycles. The second-order valence-corrected chi connectivity index (χ2v) is 6.36. The first kappa shape index (κ1) is 23.1. The van der Waals surface area contributed by atoms with Crippen LogP contribution in [-0.4, -0.2) is 25.7 Å². The largest absolute Gasteiger partial charge is 0.379 e. The molecule has 2 rings (SSSR count). The summed E-state index contributed by atoms with van der Waals surface area (Å²) in [6, 6.07) is 15.1. The third-order valence-corrected chi connectivity index (χ3v) is 4.37. The van der Waals surface area contributed by atoms with Crippen LogP contribution >= 0.6 is 12.4 Å². The first-order valence-corrected chi connectivity index (χ1v) is 8.86. The molecule has 3 N–H and O–H groups in total. The molecule has 27 heavy (non-hydrogen) atoms. The Labute approximate surface area is 167 Å². The Morgan fingerprint density at radius 2 is 1.74 bits per heavy atom. The van der Waals surface area contributed by atoms with Crippen LogP contribution < -0.4 is 11.1 Å². The summed E-state index contributed by atoms with van der Waals surface area (Å²) in [5.41, 5.74) is 8.69. The van der Waals surface area contributed by atoms with Crippen molar-refractivity contribution < 1.29 is 14.3 Å². The van der Waals surface area contributed by atoms with E-state index >= 15 is 0 Å². The second kappa shape index (κ2) is 11.0. The molecule has 0 fully saturated rings. The van der Waals surface area contributed by atoms with Gasteiger partial charge in [-0.05, 0) is 43.5 Å². The number of hydrogen-bond acceptors (Lipinski definition) is 4. The Morgan fingerprint density at radius 1 is 1.07 bits per heavy atom. The summed E-state index contributed by atoms with van der Waals surface area (Å²) in [5, 5.41) is 2.96. The molecule has 0 saturated carbocycles. The van der Waals surface area contributed by atoms with Crippen molar-refractivity contribution in [3.05, 3.63) is 65.2 Å². The van der Waals surface area contributed by atoms with Crippen molar-refractivity contribution in [1.82, 2.24) is 0 Å². The highest BCUT2D eigenvalue weighted by molar-refractivity contribution is 5.99. The molecule has 0 bridgehead atoms. The van der Waals surface area contributed by atoms with Crippen LogP contribution in [0.3, 0.4) is 0 Å². The van der Waals surface area contributed by atoms with E-state index in [1.807, 2.05) is 62.4 Å². The molecule has 0 aliphatic carbocycles. The number of carbonyl (C=O) groups excluding carboxylic acids is 1. The number of hydrogen-bond donors (Lipinski definition) is 2. The Balaban J connectivity index is 0.00000364. The van der Waals surface area contributed by atoms with E-state index in [1.54, 1.807) is 6.92 Å². The predicted octanol–water partition coefficient (Wildman–Crippen LogP) is 3.78. The summed E-state index contributed by atoms with van der Waals surface area (Å²) >= 11 is 0. The number of anilines is 1. The van der Waals surface area contributed by atoms with Gasteiger partial charge in [0, 0.05) is 12.3 Å². The first-order chi connectivity index (χ1) is 12.5. The maximum Gasteiger partial charge on any atom is 0.248 e. The minimum Gasteiger partial charge on any atom is -0.379 e.